The molecule has 4 aliphatic carbocycles. The van der Waals surface area contributed by atoms with Crippen LogP contribution >= 0.6 is 0 Å². The van der Waals surface area contributed by atoms with Crippen LogP contribution in [0.1, 0.15) is 86.0 Å². The van der Waals surface area contributed by atoms with Gasteiger partial charge >= 0.3 is 0 Å². The monoisotopic (exact) mass is 804 g/mol. The van der Waals surface area contributed by atoms with Gasteiger partial charge in [0.2, 0.25) is 0 Å². The summed E-state index contributed by atoms with van der Waals surface area (Å²) in [5.74, 6) is -1.94. The average molecular weight is 805 g/mol. The van der Waals surface area contributed by atoms with Crippen molar-refractivity contribution >= 4 is 5.78 Å². The van der Waals surface area contributed by atoms with Crippen molar-refractivity contribution in [1.82, 2.24) is 0 Å². The molecule has 6 rings (SSSR count). The highest BCUT2D eigenvalue weighted by Crippen LogP contribution is 2.69. The van der Waals surface area contributed by atoms with Crippen molar-refractivity contribution in [2.24, 2.45) is 28.6 Å². The summed E-state index contributed by atoms with van der Waals surface area (Å²) in [6.07, 6.45) is -15.6. The molecule has 0 radical (unpaired) electrons. The normalized spacial score (nSPS) is 50.0. The van der Waals surface area contributed by atoms with Gasteiger partial charge < -0.3 is 80.2 Å². The van der Waals surface area contributed by atoms with E-state index in [1.807, 2.05) is 13.8 Å². The molecule has 56 heavy (non-hydrogen) atoms. The third-order valence-corrected chi connectivity index (χ3v) is 14.8. The van der Waals surface area contributed by atoms with E-state index in [0.29, 0.717) is 24.8 Å². The van der Waals surface area contributed by atoms with Crippen molar-refractivity contribution in [2.75, 3.05) is 13.2 Å². The lowest BCUT2D eigenvalue weighted by molar-refractivity contribution is -0.328. The predicted octanol–water partition coefficient (Wildman–Crippen LogP) is -2.50. The molecule has 2 aliphatic heterocycles. The first kappa shape index (κ1) is 44.3. The first-order valence-electron chi connectivity index (χ1n) is 20.0. The molecule has 0 unspecified atom stereocenters. The van der Waals surface area contributed by atoms with Crippen LogP contribution in [0.3, 0.4) is 0 Å². The highest BCUT2D eigenvalue weighted by molar-refractivity contribution is 5.95. The summed E-state index contributed by atoms with van der Waals surface area (Å²) in [5, 5.41) is 130. The first-order valence-corrected chi connectivity index (χ1v) is 20.0. The zero-order valence-corrected chi connectivity index (χ0v) is 32.8. The highest BCUT2D eigenvalue weighted by atomic mass is 16.7. The van der Waals surface area contributed by atoms with Crippen LogP contribution in [0.25, 0.3) is 0 Å². The largest absolute Gasteiger partial charge is 0.394 e. The minimum atomic E-state index is -1.75. The molecule has 3 saturated carbocycles. The molecule has 6 aliphatic rings. The zero-order valence-electron chi connectivity index (χ0n) is 32.8. The van der Waals surface area contributed by atoms with Gasteiger partial charge in [-0.05, 0) is 101 Å². The van der Waals surface area contributed by atoms with Crippen LogP contribution in [0.5, 0.6) is 0 Å². The Balaban J connectivity index is 1.25. The van der Waals surface area contributed by atoms with Crippen molar-refractivity contribution in [3.8, 4) is 0 Å². The molecule has 0 amide bonds. The molecule has 0 spiro atoms. The number of carbonyl (C=O) groups excluding carboxylic acids is 1. The van der Waals surface area contributed by atoms with Gasteiger partial charge in [-0.25, -0.2) is 0 Å². The number of aliphatic hydroxyl groups is 12. The molecule has 0 aromatic rings. The van der Waals surface area contributed by atoms with E-state index in [1.54, 1.807) is 20.8 Å². The highest BCUT2D eigenvalue weighted by Gasteiger charge is 2.69. The number of aliphatic hydroxyl groups excluding tert-OH is 9. The summed E-state index contributed by atoms with van der Waals surface area (Å²) < 4.78 is 23.3. The van der Waals surface area contributed by atoms with Gasteiger partial charge in [0.25, 0.3) is 0 Å². The number of ketones is 1. The van der Waals surface area contributed by atoms with E-state index >= 15 is 0 Å². The summed E-state index contributed by atoms with van der Waals surface area (Å²) in [7, 11) is 0. The Morgan fingerprint density at radius 3 is 1.96 bits per heavy atom. The van der Waals surface area contributed by atoms with E-state index in [9.17, 15) is 66.1 Å². The van der Waals surface area contributed by atoms with Crippen LogP contribution in [0.4, 0.5) is 0 Å². The molecule has 0 bridgehead atoms. The van der Waals surface area contributed by atoms with Gasteiger partial charge in [0.15, 0.2) is 18.4 Å². The van der Waals surface area contributed by atoms with Crippen molar-refractivity contribution < 1.29 is 85.0 Å². The van der Waals surface area contributed by atoms with Crippen LogP contribution in [-0.2, 0) is 23.7 Å². The maximum atomic E-state index is 14.1. The van der Waals surface area contributed by atoms with Crippen molar-refractivity contribution in [3.05, 3.63) is 11.6 Å². The Bertz CT molecular complexity index is 1450. The van der Waals surface area contributed by atoms with Gasteiger partial charge in [-0.3, -0.25) is 4.79 Å². The number of ether oxygens (including phenoxy) is 4. The number of hydrogen-bond donors (Lipinski definition) is 12. The van der Waals surface area contributed by atoms with Crippen molar-refractivity contribution in [2.45, 2.75) is 183 Å². The lowest BCUT2D eigenvalue weighted by Crippen LogP contribution is -2.64. The number of rotatable bonds is 11. The molecule has 2 saturated heterocycles. The molecular formula is C39H64O17. The molecule has 2 heterocycles. The van der Waals surface area contributed by atoms with Gasteiger partial charge in [0.05, 0.1) is 48.3 Å². The Hall–Kier alpha value is -1.23. The minimum absolute atomic E-state index is 0.0387. The molecule has 12 N–H and O–H groups in total. The second kappa shape index (κ2) is 15.7. The number of hydrogen-bond acceptors (Lipinski definition) is 17. The van der Waals surface area contributed by atoms with E-state index in [-0.39, 0.29) is 43.8 Å². The Labute approximate surface area is 326 Å². The van der Waals surface area contributed by atoms with Crippen molar-refractivity contribution in [1.29, 1.82) is 0 Å². The second-order valence-electron chi connectivity index (χ2n) is 18.8. The van der Waals surface area contributed by atoms with E-state index in [0.717, 1.165) is 0 Å². The lowest BCUT2D eigenvalue weighted by atomic mass is 9.45. The molecule has 17 nitrogen and oxygen atoms in total. The quantitative estimate of drug-likeness (QED) is 0.103. The number of carbonyl (C=O) groups is 1. The van der Waals surface area contributed by atoms with Crippen LogP contribution in [0.2, 0.25) is 0 Å². The predicted molar refractivity (Wildman–Crippen MR) is 192 cm³/mol. The minimum Gasteiger partial charge on any atom is -0.394 e. The van der Waals surface area contributed by atoms with Crippen molar-refractivity contribution in [3.63, 3.8) is 0 Å². The number of fused-ring (bicyclic) bond motifs is 5. The Morgan fingerprint density at radius 2 is 1.39 bits per heavy atom. The molecular weight excluding hydrogens is 740 g/mol. The fourth-order valence-electron chi connectivity index (χ4n) is 11.3. The molecule has 17 heteroatoms. The van der Waals surface area contributed by atoms with Gasteiger partial charge in [0.1, 0.15) is 48.8 Å². The SMILES string of the molecule is CC(C)(O)CC[C@@H](O[C@H]1O[C@H](CO)[C@H](O)[C@H](O)[C@H]1O)[C@](C)(O)[C@H]1CC[C@@]2(O)C3=CC(=O)[C@@H]4C[C@@H](O[C@H]5O[C@H](CO)[C@H](O)[C@H](O)[C@H]5O)[C@@H](O)C[C@]4(C)[C@H]3CC[C@]12C. The zero-order chi connectivity index (χ0) is 41.5. The molecule has 0 aromatic heterocycles. The average Bonchev–Trinajstić information content (AvgIpc) is 3.42. The fraction of sp³-hybridized carbons (Fsp3) is 0.923. The Morgan fingerprint density at radius 1 is 0.821 bits per heavy atom. The van der Waals surface area contributed by atoms with Crippen LogP contribution < -0.4 is 0 Å². The number of allylic oxidation sites excluding steroid dienone is 1. The summed E-state index contributed by atoms with van der Waals surface area (Å²) in [5.41, 5.74) is -5.82. The summed E-state index contributed by atoms with van der Waals surface area (Å²) in [6.45, 7) is 7.20. The third kappa shape index (κ3) is 7.34. The van der Waals surface area contributed by atoms with Gasteiger partial charge in [-0.2, -0.15) is 0 Å². The van der Waals surface area contributed by atoms with Gasteiger partial charge in [-0.15, -0.1) is 0 Å². The van der Waals surface area contributed by atoms with E-state index < -0.39 is 132 Å². The van der Waals surface area contributed by atoms with E-state index in [2.05, 4.69) is 0 Å². The van der Waals surface area contributed by atoms with E-state index in [1.165, 1.54) is 6.08 Å². The lowest BCUT2D eigenvalue weighted by Gasteiger charge is -2.61. The van der Waals surface area contributed by atoms with Crippen LogP contribution in [-0.4, -0.2) is 177 Å². The standard InChI is InChI=1S/C39H64O17/c1-35(2,50)9-8-26(56-34-32(49)30(47)28(45)24(16-41)55-34)38(5,51)25-7-11-39(52)18-12-20(42)19-13-22(53-33-31(48)29(46)27(44)23(15-40)54-33)21(43)14-36(19,3)17(18)6-10-37(25,39)4/h12,17,19,21-34,40-41,43-52H,6-11,13-16H2,1-5H3/t17-,19-,21-,22+,23+,24+,25-,26+,27-,28-,29-,30-,31+,32+,33-,34+,36+,37+,38+,39+/m0/s1. The van der Waals surface area contributed by atoms with E-state index in [4.69, 9.17) is 18.9 Å². The molecule has 20 atom stereocenters. The van der Waals surface area contributed by atoms with Crippen LogP contribution in [0.15, 0.2) is 11.6 Å². The maximum absolute atomic E-state index is 14.1. The summed E-state index contributed by atoms with van der Waals surface area (Å²) in [6, 6.07) is 0. The smallest absolute Gasteiger partial charge is 0.187 e. The molecule has 5 fully saturated rings. The topological polar surface area (TPSA) is 297 Å². The maximum Gasteiger partial charge on any atom is 0.187 e. The van der Waals surface area contributed by atoms with Gasteiger partial charge in [0, 0.05) is 11.3 Å². The third-order valence-electron chi connectivity index (χ3n) is 14.8. The van der Waals surface area contributed by atoms with Crippen LogP contribution in [0, 0.1) is 28.6 Å². The molecule has 322 valence electrons. The van der Waals surface area contributed by atoms with Gasteiger partial charge in [-0.1, -0.05) is 13.8 Å². The second-order valence-corrected chi connectivity index (χ2v) is 18.8. The summed E-state index contributed by atoms with van der Waals surface area (Å²) in [4.78, 5) is 14.1. The molecule has 0 aromatic carbocycles. The first-order chi connectivity index (χ1) is 25.9. The Kier molecular flexibility index (Phi) is 12.4. The summed E-state index contributed by atoms with van der Waals surface area (Å²) >= 11 is 0. The fourth-order valence-corrected chi connectivity index (χ4v) is 11.3.